The van der Waals surface area contributed by atoms with Crippen molar-refractivity contribution in [2.45, 2.75) is 46.5 Å². The minimum Gasteiger partial charge on any atom is -1.00 e. The Bertz CT molecular complexity index is 207. The van der Waals surface area contributed by atoms with Crippen LogP contribution in [0.3, 0.4) is 0 Å². The van der Waals surface area contributed by atoms with Crippen molar-refractivity contribution in [3.63, 3.8) is 0 Å². The van der Waals surface area contributed by atoms with Crippen molar-refractivity contribution in [2.24, 2.45) is 0 Å². The van der Waals surface area contributed by atoms with Gasteiger partial charge in [0, 0.05) is 0 Å². The number of allylic oxidation sites excluding steroid dienone is 4. The molecule has 0 atom stereocenters. The van der Waals surface area contributed by atoms with Gasteiger partial charge in [0.05, 0.1) is 0 Å². The summed E-state index contributed by atoms with van der Waals surface area (Å²) in [5.41, 5.74) is 4.40. The Morgan fingerprint density at radius 3 is 2.14 bits per heavy atom. The van der Waals surface area contributed by atoms with Gasteiger partial charge in [0.2, 0.25) is 0 Å². The molecule has 0 fully saturated rings. The number of hydrogen-bond acceptors (Lipinski definition) is 0. The quantitative estimate of drug-likeness (QED) is 0.512. The van der Waals surface area contributed by atoms with Crippen LogP contribution in [-0.2, 0) is 26.2 Å². The molecule has 0 aromatic carbocycles. The molecule has 0 heterocycles. The Morgan fingerprint density at radius 1 is 1.21 bits per heavy atom. The molecule has 14 heavy (non-hydrogen) atoms. The number of unbranched alkanes of at least 4 members (excludes halogenated alkanes) is 1. The number of rotatable bonds is 3. The molecule has 0 saturated carbocycles. The first-order valence-electron chi connectivity index (χ1n) is 4.52. The summed E-state index contributed by atoms with van der Waals surface area (Å²) in [5.74, 6) is 0. The molecular weight excluding hydrogens is 294 g/mol. The van der Waals surface area contributed by atoms with E-state index in [2.05, 4.69) is 26.8 Å². The molecule has 0 amide bonds. The molecule has 0 N–H and O–H groups in total. The van der Waals surface area contributed by atoms with Crippen molar-refractivity contribution >= 4 is 0 Å². The van der Waals surface area contributed by atoms with E-state index in [1.54, 1.807) is 0 Å². The zero-order valence-electron chi connectivity index (χ0n) is 9.08. The maximum atomic E-state index is 3.43. The van der Waals surface area contributed by atoms with E-state index in [1.165, 1.54) is 42.4 Å². The van der Waals surface area contributed by atoms with Gasteiger partial charge in [0.25, 0.3) is 0 Å². The van der Waals surface area contributed by atoms with Gasteiger partial charge in [-0.25, -0.2) is 17.2 Å². The monoisotopic (exact) mass is 309 g/mol. The van der Waals surface area contributed by atoms with Crippen LogP contribution in [0.15, 0.2) is 16.7 Å². The number of hydrogen-bond donors (Lipinski definition) is 0. The normalized spacial score (nSPS) is 13.8. The predicted octanol–water partition coefficient (Wildman–Crippen LogP) is -2.35. The van der Waals surface area contributed by atoms with Crippen LogP contribution >= 0.6 is 0 Å². The van der Waals surface area contributed by atoms with Crippen LogP contribution in [0.2, 0.25) is 0 Å². The molecule has 0 unspecified atom stereocenters. The molecule has 79 valence electrons. The van der Waals surface area contributed by atoms with Crippen molar-refractivity contribution in [1.82, 2.24) is 0 Å². The fourth-order valence-electron chi connectivity index (χ4n) is 1.41. The van der Waals surface area contributed by atoms with E-state index in [1.807, 2.05) is 0 Å². The average Bonchev–Trinajstić information content (AvgIpc) is 2.28. The molecule has 0 aromatic heterocycles. The van der Waals surface area contributed by atoms with E-state index in [4.69, 9.17) is 0 Å². The summed E-state index contributed by atoms with van der Waals surface area (Å²) in [5, 5.41) is 0. The van der Waals surface area contributed by atoms with Crippen LogP contribution in [0, 0.1) is 6.08 Å². The van der Waals surface area contributed by atoms with Gasteiger partial charge in [-0.15, -0.1) is 6.92 Å². The Labute approximate surface area is 120 Å². The Kier molecular flexibility index (Phi) is 15.2. The van der Waals surface area contributed by atoms with Gasteiger partial charge < -0.3 is 24.8 Å². The van der Waals surface area contributed by atoms with Crippen LogP contribution in [0.5, 0.6) is 0 Å². The van der Waals surface area contributed by atoms with Crippen LogP contribution in [-0.4, -0.2) is 0 Å². The summed E-state index contributed by atoms with van der Waals surface area (Å²) in [7, 11) is 0. The summed E-state index contributed by atoms with van der Waals surface area (Å²) < 4.78 is 0. The second-order valence-corrected chi connectivity index (χ2v) is 3.41. The van der Waals surface area contributed by atoms with Crippen molar-refractivity contribution in [2.75, 3.05) is 0 Å². The molecule has 0 bridgehead atoms. The Balaban J connectivity index is -0.000000403. The largest absolute Gasteiger partial charge is 3.00 e. The zero-order valence-corrected chi connectivity index (χ0v) is 13.1. The summed E-state index contributed by atoms with van der Waals surface area (Å²) in [6.07, 6.45) is 8.49. The maximum Gasteiger partial charge on any atom is 3.00 e. The summed E-state index contributed by atoms with van der Waals surface area (Å²) in [6, 6.07) is 0. The third kappa shape index (κ3) is 6.43. The SMILES string of the molecule is CCCCC1=[C-]C(C)=C(C)C1.[Cl-].[Cl-].[Zr+3]. The van der Waals surface area contributed by atoms with Crippen molar-refractivity contribution in [3.05, 3.63) is 22.8 Å². The van der Waals surface area contributed by atoms with Crippen molar-refractivity contribution < 1.29 is 51.0 Å². The topological polar surface area (TPSA) is 0 Å². The Hall–Kier alpha value is 0.943. The van der Waals surface area contributed by atoms with Crippen molar-refractivity contribution in [3.8, 4) is 0 Å². The van der Waals surface area contributed by atoms with Gasteiger partial charge in [0.1, 0.15) is 0 Å². The summed E-state index contributed by atoms with van der Waals surface area (Å²) >= 11 is 0. The second-order valence-electron chi connectivity index (χ2n) is 3.41. The fraction of sp³-hybridized carbons (Fsp3) is 0.636. The molecule has 0 spiro atoms. The molecule has 1 aliphatic rings. The first-order valence-corrected chi connectivity index (χ1v) is 4.52. The predicted molar refractivity (Wildman–Crippen MR) is 49.3 cm³/mol. The van der Waals surface area contributed by atoms with Crippen LogP contribution in [0.25, 0.3) is 0 Å². The van der Waals surface area contributed by atoms with E-state index < -0.39 is 0 Å². The van der Waals surface area contributed by atoms with Crippen LogP contribution in [0.4, 0.5) is 0 Å². The van der Waals surface area contributed by atoms with Gasteiger partial charge in [-0.1, -0.05) is 39.5 Å². The van der Waals surface area contributed by atoms with Gasteiger partial charge in [-0.2, -0.15) is 5.57 Å². The van der Waals surface area contributed by atoms with Crippen LogP contribution < -0.4 is 24.8 Å². The van der Waals surface area contributed by atoms with Gasteiger partial charge in [0.15, 0.2) is 0 Å². The van der Waals surface area contributed by atoms with Gasteiger partial charge >= 0.3 is 26.2 Å². The molecule has 0 aromatic rings. The van der Waals surface area contributed by atoms with Gasteiger partial charge in [-0.05, 0) is 0 Å². The molecular formula is C11H17Cl2Zr. The fourth-order valence-corrected chi connectivity index (χ4v) is 1.41. The van der Waals surface area contributed by atoms with Gasteiger partial charge in [-0.3, -0.25) is 0 Å². The third-order valence-electron chi connectivity index (χ3n) is 2.32. The van der Waals surface area contributed by atoms with E-state index in [0.717, 1.165) is 0 Å². The minimum atomic E-state index is 0. The standard InChI is InChI=1S/C11H17.2ClH.Zr/c1-4-5-6-11-7-9(2)10(3)8-11;;;/h4-7H2,1-3H3;2*1H;/q-1;;;+3/p-2. The molecule has 0 aliphatic heterocycles. The molecule has 1 aliphatic carbocycles. The van der Waals surface area contributed by atoms with E-state index >= 15 is 0 Å². The summed E-state index contributed by atoms with van der Waals surface area (Å²) in [4.78, 5) is 0. The third-order valence-corrected chi connectivity index (χ3v) is 2.32. The zero-order chi connectivity index (χ0) is 8.27. The summed E-state index contributed by atoms with van der Waals surface area (Å²) in [6.45, 7) is 6.61. The van der Waals surface area contributed by atoms with Crippen LogP contribution in [0.1, 0.15) is 46.5 Å². The van der Waals surface area contributed by atoms with Crippen molar-refractivity contribution in [1.29, 1.82) is 0 Å². The smallest absolute Gasteiger partial charge is 1.00 e. The second kappa shape index (κ2) is 10.5. The Morgan fingerprint density at radius 2 is 1.79 bits per heavy atom. The first kappa shape index (κ1) is 20.4. The molecule has 1 rings (SSSR count). The van der Waals surface area contributed by atoms with E-state index in [0.29, 0.717) is 0 Å². The molecule has 3 heteroatoms. The maximum absolute atomic E-state index is 3.43. The minimum absolute atomic E-state index is 0. The first-order chi connectivity index (χ1) is 5.24. The van der Waals surface area contributed by atoms with E-state index in [9.17, 15) is 0 Å². The van der Waals surface area contributed by atoms with E-state index in [-0.39, 0.29) is 51.0 Å². The molecule has 0 nitrogen and oxygen atoms in total. The number of halogens is 2. The molecule has 1 radical (unpaired) electrons. The average molecular weight is 311 g/mol. The molecule has 0 saturated heterocycles.